The minimum atomic E-state index is -3.27. The number of benzene rings is 1. The van der Waals surface area contributed by atoms with E-state index >= 15 is 0 Å². The number of sulfone groups is 1. The first-order valence-electron chi connectivity index (χ1n) is 6.31. The Balaban J connectivity index is 1.73. The van der Waals surface area contributed by atoms with Crippen LogP contribution in [0, 0.1) is 0 Å². The van der Waals surface area contributed by atoms with E-state index in [9.17, 15) is 8.42 Å². The maximum atomic E-state index is 11.3. The molecule has 0 bridgehead atoms. The van der Waals surface area contributed by atoms with Crippen LogP contribution in [0.15, 0.2) is 41.6 Å². The predicted octanol–water partition coefficient (Wildman–Crippen LogP) is 1.83. The molecule has 0 saturated carbocycles. The Morgan fingerprint density at radius 3 is 2.81 bits per heavy atom. The van der Waals surface area contributed by atoms with E-state index in [-0.39, 0.29) is 11.8 Å². The molecule has 1 aliphatic rings. The Morgan fingerprint density at radius 1 is 1.24 bits per heavy atom. The summed E-state index contributed by atoms with van der Waals surface area (Å²) in [5.41, 5.74) is 1.70. The van der Waals surface area contributed by atoms with Crippen molar-refractivity contribution in [2.75, 3.05) is 18.4 Å². The van der Waals surface area contributed by atoms with Crippen LogP contribution in [0.25, 0.3) is 0 Å². The van der Waals surface area contributed by atoms with Crippen molar-refractivity contribution < 1.29 is 17.9 Å². The van der Waals surface area contributed by atoms with Gasteiger partial charge in [0.25, 0.3) is 0 Å². The van der Waals surface area contributed by atoms with Gasteiger partial charge in [-0.25, -0.2) is 13.4 Å². The quantitative estimate of drug-likeness (QED) is 0.928. The van der Waals surface area contributed by atoms with E-state index < -0.39 is 9.84 Å². The number of anilines is 1. The second-order valence-corrected chi connectivity index (χ2v) is 6.62. The van der Waals surface area contributed by atoms with Crippen molar-refractivity contribution in [2.45, 2.75) is 11.6 Å². The summed E-state index contributed by atoms with van der Waals surface area (Å²) in [5, 5.41) is 3.24. The van der Waals surface area contributed by atoms with E-state index in [4.69, 9.17) is 9.47 Å². The first-order chi connectivity index (χ1) is 10.0. The topological polar surface area (TPSA) is 77.5 Å². The molecule has 1 aromatic heterocycles. The molecule has 110 valence electrons. The van der Waals surface area contributed by atoms with Crippen molar-refractivity contribution in [1.29, 1.82) is 0 Å². The van der Waals surface area contributed by atoms with Crippen LogP contribution in [0.4, 0.5) is 5.69 Å². The maximum Gasteiger partial charge on any atom is 0.231 e. The molecular weight excluding hydrogens is 292 g/mol. The molecule has 0 aliphatic carbocycles. The van der Waals surface area contributed by atoms with Gasteiger partial charge >= 0.3 is 0 Å². The van der Waals surface area contributed by atoms with E-state index in [1.54, 1.807) is 6.07 Å². The Kier molecular flexibility index (Phi) is 3.42. The Bertz CT molecular complexity index is 757. The van der Waals surface area contributed by atoms with Gasteiger partial charge in [0.15, 0.2) is 26.4 Å². The SMILES string of the molecule is CS(=O)(=O)c1ccc(NCc2cccc3c2OCO3)cn1. The monoisotopic (exact) mass is 306 g/mol. The summed E-state index contributed by atoms with van der Waals surface area (Å²) < 4.78 is 33.4. The molecule has 0 amide bonds. The number of hydrogen-bond donors (Lipinski definition) is 1. The number of fused-ring (bicyclic) bond motifs is 1. The molecule has 3 rings (SSSR count). The van der Waals surface area contributed by atoms with Crippen molar-refractivity contribution in [3.8, 4) is 11.5 Å². The van der Waals surface area contributed by atoms with Gasteiger partial charge in [-0.1, -0.05) is 12.1 Å². The molecule has 21 heavy (non-hydrogen) atoms. The third-order valence-electron chi connectivity index (χ3n) is 3.08. The van der Waals surface area contributed by atoms with Crippen LogP contribution in [0.1, 0.15) is 5.56 Å². The molecule has 0 unspecified atom stereocenters. The zero-order valence-corrected chi connectivity index (χ0v) is 12.2. The van der Waals surface area contributed by atoms with Crippen LogP contribution in [0.2, 0.25) is 0 Å². The first-order valence-corrected chi connectivity index (χ1v) is 8.21. The molecule has 0 saturated heterocycles. The van der Waals surface area contributed by atoms with Gasteiger partial charge in [0.2, 0.25) is 6.79 Å². The molecule has 0 fully saturated rings. The largest absolute Gasteiger partial charge is 0.454 e. The van der Waals surface area contributed by atoms with Crippen molar-refractivity contribution in [3.05, 3.63) is 42.1 Å². The fourth-order valence-electron chi connectivity index (χ4n) is 2.03. The van der Waals surface area contributed by atoms with Crippen molar-refractivity contribution >= 4 is 15.5 Å². The van der Waals surface area contributed by atoms with Gasteiger partial charge in [0.1, 0.15) is 0 Å². The lowest BCUT2D eigenvalue weighted by atomic mass is 10.2. The Labute approximate surface area is 122 Å². The number of ether oxygens (including phenoxy) is 2. The molecule has 1 N–H and O–H groups in total. The van der Waals surface area contributed by atoms with Gasteiger partial charge in [-0.05, 0) is 18.2 Å². The normalized spacial score (nSPS) is 13.2. The van der Waals surface area contributed by atoms with Gasteiger partial charge in [0.05, 0.1) is 11.9 Å². The first kappa shape index (κ1) is 13.7. The van der Waals surface area contributed by atoms with E-state index in [0.717, 1.165) is 29.0 Å². The average molecular weight is 306 g/mol. The highest BCUT2D eigenvalue weighted by Gasteiger charge is 2.16. The minimum absolute atomic E-state index is 0.0605. The Hall–Kier alpha value is -2.28. The summed E-state index contributed by atoms with van der Waals surface area (Å²) in [6.07, 6.45) is 2.63. The molecular formula is C14H14N2O4S. The molecule has 2 heterocycles. The fraction of sp³-hybridized carbons (Fsp3) is 0.214. The lowest BCUT2D eigenvalue weighted by Crippen LogP contribution is -2.04. The smallest absolute Gasteiger partial charge is 0.231 e. The van der Waals surface area contributed by atoms with Crippen LogP contribution in [-0.4, -0.2) is 26.5 Å². The number of pyridine rings is 1. The maximum absolute atomic E-state index is 11.3. The molecule has 1 aliphatic heterocycles. The average Bonchev–Trinajstić information content (AvgIpc) is 2.93. The summed E-state index contributed by atoms with van der Waals surface area (Å²) >= 11 is 0. The van der Waals surface area contributed by atoms with Crippen LogP contribution in [0.3, 0.4) is 0 Å². The third kappa shape index (κ3) is 2.92. The van der Waals surface area contributed by atoms with Gasteiger partial charge in [0, 0.05) is 18.4 Å². The zero-order chi connectivity index (χ0) is 14.9. The lowest BCUT2D eigenvalue weighted by Gasteiger charge is -2.09. The summed E-state index contributed by atoms with van der Waals surface area (Å²) in [6.45, 7) is 0.767. The van der Waals surface area contributed by atoms with E-state index in [1.807, 2.05) is 18.2 Å². The second-order valence-electron chi connectivity index (χ2n) is 4.66. The lowest BCUT2D eigenvalue weighted by molar-refractivity contribution is 0.173. The van der Waals surface area contributed by atoms with E-state index in [2.05, 4.69) is 10.3 Å². The van der Waals surface area contributed by atoms with E-state index in [1.165, 1.54) is 12.3 Å². The van der Waals surface area contributed by atoms with Crippen LogP contribution < -0.4 is 14.8 Å². The number of aromatic nitrogens is 1. The Morgan fingerprint density at radius 2 is 2.10 bits per heavy atom. The molecule has 0 radical (unpaired) electrons. The third-order valence-corrected chi connectivity index (χ3v) is 4.08. The number of nitrogens with one attached hydrogen (secondary N) is 1. The minimum Gasteiger partial charge on any atom is -0.454 e. The molecule has 6 nitrogen and oxygen atoms in total. The van der Waals surface area contributed by atoms with Gasteiger partial charge in [-0.2, -0.15) is 0 Å². The second kappa shape index (κ2) is 5.25. The summed E-state index contributed by atoms with van der Waals surface area (Å²) in [7, 11) is -3.27. The number of nitrogens with zero attached hydrogens (tertiary/aromatic N) is 1. The van der Waals surface area contributed by atoms with E-state index in [0.29, 0.717) is 6.54 Å². The standard InChI is InChI=1S/C14H14N2O4S/c1-21(17,18)13-6-5-11(8-16-13)15-7-10-3-2-4-12-14(10)20-9-19-12/h2-6,8,15H,7,9H2,1H3. The summed E-state index contributed by atoms with van der Waals surface area (Å²) in [5.74, 6) is 1.48. The van der Waals surface area contributed by atoms with Crippen molar-refractivity contribution in [2.24, 2.45) is 0 Å². The molecule has 1 aromatic carbocycles. The molecule has 2 aromatic rings. The zero-order valence-electron chi connectivity index (χ0n) is 11.4. The van der Waals surface area contributed by atoms with Crippen molar-refractivity contribution in [1.82, 2.24) is 4.98 Å². The highest BCUT2D eigenvalue weighted by atomic mass is 32.2. The number of hydrogen-bond acceptors (Lipinski definition) is 6. The summed E-state index contributed by atoms with van der Waals surface area (Å²) in [6, 6.07) is 8.86. The fourth-order valence-corrected chi connectivity index (χ4v) is 2.59. The summed E-state index contributed by atoms with van der Waals surface area (Å²) in [4.78, 5) is 3.93. The number of rotatable bonds is 4. The van der Waals surface area contributed by atoms with Crippen molar-refractivity contribution in [3.63, 3.8) is 0 Å². The van der Waals surface area contributed by atoms with Crippen LogP contribution in [0.5, 0.6) is 11.5 Å². The number of para-hydroxylation sites is 1. The highest BCUT2D eigenvalue weighted by Crippen LogP contribution is 2.35. The molecule has 0 spiro atoms. The van der Waals surface area contributed by atoms with Gasteiger partial charge in [-0.3, -0.25) is 0 Å². The predicted molar refractivity (Wildman–Crippen MR) is 77.2 cm³/mol. The van der Waals surface area contributed by atoms with Crippen LogP contribution in [-0.2, 0) is 16.4 Å². The van der Waals surface area contributed by atoms with Gasteiger partial charge < -0.3 is 14.8 Å². The van der Waals surface area contributed by atoms with Crippen LogP contribution >= 0.6 is 0 Å². The van der Waals surface area contributed by atoms with Gasteiger partial charge in [-0.15, -0.1) is 0 Å². The highest BCUT2D eigenvalue weighted by molar-refractivity contribution is 7.90. The molecule has 0 atom stereocenters. The molecule has 7 heteroatoms.